The molecule has 0 spiro atoms. The maximum absolute atomic E-state index is 13.1. The van der Waals surface area contributed by atoms with E-state index >= 15 is 0 Å². The molecule has 0 saturated heterocycles. The predicted molar refractivity (Wildman–Crippen MR) is 418 cm³/mol. The number of phosphoric acid groups is 2. The van der Waals surface area contributed by atoms with E-state index in [1.807, 2.05) is 12.2 Å². The average molecular weight is 1480 g/mol. The number of carbonyl (C=O) groups excluding carboxylic acids is 4. The zero-order chi connectivity index (χ0) is 74.6. The Kier molecular flexibility index (Phi) is 71.8. The Morgan fingerprint density at radius 1 is 0.284 bits per heavy atom. The van der Waals surface area contributed by atoms with Crippen molar-refractivity contribution in [3.63, 3.8) is 0 Å². The number of ether oxygens (including phenoxy) is 4. The molecule has 0 fully saturated rings. The largest absolute Gasteiger partial charge is 0.472 e. The van der Waals surface area contributed by atoms with Crippen LogP contribution in [-0.2, 0) is 65.4 Å². The van der Waals surface area contributed by atoms with Crippen molar-refractivity contribution in [1.29, 1.82) is 0 Å². The molecule has 102 heavy (non-hydrogen) atoms. The van der Waals surface area contributed by atoms with E-state index in [9.17, 15) is 43.2 Å². The summed E-state index contributed by atoms with van der Waals surface area (Å²) in [6, 6.07) is 0. The van der Waals surface area contributed by atoms with E-state index in [4.69, 9.17) is 37.0 Å². The zero-order valence-corrected chi connectivity index (χ0v) is 66.0. The molecule has 3 N–H and O–H groups in total. The van der Waals surface area contributed by atoms with E-state index in [0.717, 1.165) is 148 Å². The Hall–Kier alpha value is -4.28. The molecule has 0 radical (unpaired) electrons. The molecule has 19 heteroatoms. The van der Waals surface area contributed by atoms with Gasteiger partial charge in [0.15, 0.2) is 12.2 Å². The van der Waals surface area contributed by atoms with Crippen molar-refractivity contribution in [3.8, 4) is 0 Å². The molecule has 0 aromatic carbocycles. The van der Waals surface area contributed by atoms with Crippen LogP contribution < -0.4 is 0 Å². The summed E-state index contributed by atoms with van der Waals surface area (Å²) in [7, 11) is -9.98. The van der Waals surface area contributed by atoms with Gasteiger partial charge < -0.3 is 33.8 Å². The van der Waals surface area contributed by atoms with E-state index in [1.54, 1.807) is 0 Å². The Bertz CT molecular complexity index is 2360. The van der Waals surface area contributed by atoms with Crippen LogP contribution in [0, 0.1) is 0 Å². The van der Waals surface area contributed by atoms with Gasteiger partial charge in [-0.15, -0.1) is 0 Å². The lowest BCUT2D eigenvalue weighted by Crippen LogP contribution is -2.30. The number of allylic oxidation sites excluding steroid dienone is 18. The number of hydrogen-bond donors (Lipinski definition) is 3. The topological polar surface area (TPSA) is 237 Å². The van der Waals surface area contributed by atoms with Crippen LogP contribution in [0.2, 0.25) is 0 Å². The number of aliphatic hydroxyl groups is 1. The molecule has 0 aromatic rings. The quantitative estimate of drug-likeness (QED) is 0.0128. The first-order valence-corrected chi connectivity index (χ1v) is 43.1. The normalized spacial score (nSPS) is 14.5. The zero-order valence-electron chi connectivity index (χ0n) is 64.3. The first-order valence-electron chi connectivity index (χ1n) is 40.1. The highest BCUT2D eigenvalue weighted by molar-refractivity contribution is 7.47. The van der Waals surface area contributed by atoms with E-state index in [1.165, 1.54) is 103 Å². The van der Waals surface area contributed by atoms with Crippen LogP contribution in [0.3, 0.4) is 0 Å². The van der Waals surface area contributed by atoms with Crippen molar-refractivity contribution in [2.75, 3.05) is 39.6 Å². The molecule has 5 atom stereocenters. The third-order valence-electron chi connectivity index (χ3n) is 16.7. The minimum atomic E-state index is -5.00. The van der Waals surface area contributed by atoms with Crippen molar-refractivity contribution in [2.45, 2.75) is 354 Å². The van der Waals surface area contributed by atoms with Gasteiger partial charge in [-0.3, -0.25) is 37.3 Å². The number of unbranched alkanes of at least 4 members (excludes halogenated alkanes) is 32. The summed E-state index contributed by atoms with van der Waals surface area (Å²) >= 11 is 0. The summed E-state index contributed by atoms with van der Waals surface area (Å²) < 4.78 is 68.5. The van der Waals surface area contributed by atoms with Crippen LogP contribution in [0.15, 0.2) is 109 Å². The third kappa shape index (κ3) is 74.0. The van der Waals surface area contributed by atoms with Crippen molar-refractivity contribution in [2.24, 2.45) is 0 Å². The van der Waals surface area contributed by atoms with Gasteiger partial charge in [-0.1, -0.05) is 272 Å². The van der Waals surface area contributed by atoms with Gasteiger partial charge in [0, 0.05) is 25.7 Å². The van der Waals surface area contributed by atoms with Crippen LogP contribution in [0.5, 0.6) is 0 Å². The summed E-state index contributed by atoms with van der Waals surface area (Å²) in [4.78, 5) is 73.0. The van der Waals surface area contributed by atoms with Gasteiger partial charge >= 0.3 is 39.5 Å². The summed E-state index contributed by atoms with van der Waals surface area (Å²) in [5.74, 6) is -2.27. The summed E-state index contributed by atoms with van der Waals surface area (Å²) in [6.07, 6.45) is 80.7. The Morgan fingerprint density at radius 3 is 0.873 bits per heavy atom. The van der Waals surface area contributed by atoms with Crippen molar-refractivity contribution in [1.82, 2.24) is 0 Å². The number of carbonyl (C=O) groups is 4. The lowest BCUT2D eigenvalue weighted by atomic mass is 10.1. The van der Waals surface area contributed by atoms with Gasteiger partial charge in [-0.05, 0) is 148 Å². The lowest BCUT2D eigenvalue weighted by molar-refractivity contribution is -0.161. The van der Waals surface area contributed by atoms with E-state index in [0.29, 0.717) is 32.1 Å². The second-order valence-corrected chi connectivity index (χ2v) is 29.6. The minimum Gasteiger partial charge on any atom is -0.462 e. The van der Waals surface area contributed by atoms with E-state index in [2.05, 4.69) is 125 Å². The molecule has 0 rings (SSSR count). The minimum absolute atomic E-state index is 0.0145. The van der Waals surface area contributed by atoms with Gasteiger partial charge in [-0.25, -0.2) is 9.13 Å². The van der Waals surface area contributed by atoms with E-state index in [-0.39, 0.29) is 25.7 Å². The average Bonchev–Trinajstić information content (AvgIpc) is 0.917. The fourth-order valence-electron chi connectivity index (χ4n) is 10.5. The highest BCUT2D eigenvalue weighted by Crippen LogP contribution is 2.45. The van der Waals surface area contributed by atoms with Crippen molar-refractivity contribution >= 4 is 39.5 Å². The van der Waals surface area contributed by atoms with Crippen LogP contribution >= 0.6 is 15.6 Å². The van der Waals surface area contributed by atoms with E-state index < -0.39 is 97.5 Å². The molecule has 588 valence electrons. The van der Waals surface area contributed by atoms with Crippen LogP contribution in [0.1, 0.15) is 336 Å². The Balaban J connectivity index is 5.44. The second-order valence-electron chi connectivity index (χ2n) is 26.7. The summed E-state index contributed by atoms with van der Waals surface area (Å²) in [5, 5.41) is 10.6. The third-order valence-corrected chi connectivity index (χ3v) is 18.6. The summed E-state index contributed by atoms with van der Waals surface area (Å²) in [6.45, 7) is 4.72. The maximum atomic E-state index is 13.1. The number of esters is 4. The van der Waals surface area contributed by atoms with Crippen LogP contribution in [0.4, 0.5) is 0 Å². The molecule has 0 saturated carbocycles. The number of hydrogen-bond acceptors (Lipinski definition) is 15. The Morgan fingerprint density at radius 2 is 0.520 bits per heavy atom. The number of aliphatic hydroxyl groups excluding tert-OH is 1. The number of rotatable bonds is 75. The molecule has 0 aliphatic carbocycles. The van der Waals surface area contributed by atoms with Crippen molar-refractivity contribution in [3.05, 3.63) is 109 Å². The molecule has 2 unspecified atom stereocenters. The SMILES string of the molecule is CCCCC/C=C\C/C=C\C/C=C\C/C=C\CCCC(=O)O[C@H](COC(=O)CCCCCCC/C=C\C=C/CCCCCC)COP(=O)(O)OC[C@H](O)COP(=O)(O)OC[C@@H](COC(=O)CCCCCCC/C=C\C/C=C\CCCCC)OC(=O)CCCCCCC/C=C\CCCCCCCC. The fourth-order valence-corrected chi connectivity index (χ4v) is 12.1. The molecule has 0 aromatic heterocycles. The molecule has 0 aliphatic rings. The van der Waals surface area contributed by atoms with Gasteiger partial charge in [-0.2, -0.15) is 0 Å². The fraction of sp³-hybridized carbons (Fsp3) is 0.735. The first kappa shape index (κ1) is 97.7. The van der Waals surface area contributed by atoms with Gasteiger partial charge in [0.1, 0.15) is 19.3 Å². The molecular weight excluding hydrogens is 1330 g/mol. The smallest absolute Gasteiger partial charge is 0.462 e. The standard InChI is InChI=1S/C83H144O17P2/c1-5-9-13-17-21-25-29-33-37-38-42-46-50-54-58-62-66-70-83(88)100-79(74-94-81(86)68-64-60-56-52-48-44-40-35-31-27-23-19-15-11-7-3)76-98-102(91,92)96-72-77(84)71-95-101(89,90)97-75-78(99-82(87)69-65-61-57-53-49-45-41-36-32-28-24-20-16-12-8-4)73-93-80(85)67-63-59-55-51-47-43-39-34-30-26-22-18-14-10-6-2/h21-22,25-27,31,33-37,39-42,46,54,58,77-79,84H,5-20,23-24,28-30,32,38,43-45,47-53,55-57,59-76H2,1-4H3,(H,89,90)(H,91,92)/b25-21-,26-22-,31-27-,37-33-,39-34-,40-35-,41-36-,46-42-,58-54-/t77-,78-,79-/m1/s1. The highest BCUT2D eigenvalue weighted by atomic mass is 31.2. The number of phosphoric ester groups is 2. The highest BCUT2D eigenvalue weighted by Gasteiger charge is 2.30. The molecule has 0 bridgehead atoms. The predicted octanol–water partition coefficient (Wildman–Crippen LogP) is 23.3. The monoisotopic (exact) mass is 1470 g/mol. The lowest BCUT2D eigenvalue weighted by Gasteiger charge is -2.21. The summed E-state index contributed by atoms with van der Waals surface area (Å²) in [5.41, 5.74) is 0. The first-order chi connectivity index (χ1) is 49.7. The molecular formula is C83H144O17P2. The van der Waals surface area contributed by atoms with Crippen molar-refractivity contribution < 1.29 is 80.2 Å². The second kappa shape index (κ2) is 75.0. The maximum Gasteiger partial charge on any atom is 0.472 e. The molecule has 0 heterocycles. The van der Waals surface area contributed by atoms with Crippen LogP contribution in [-0.4, -0.2) is 96.7 Å². The Labute approximate surface area is 619 Å². The van der Waals surface area contributed by atoms with Gasteiger partial charge in [0.2, 0.25) is 0 Å². The van der Waals surface area contributed by atoms with Gasteiger partial charge in [0.05, 0.1) is 26.4 Å². The molecule has 17 nitrogen and oxygen atoms in total. The van der Waals surface area contributed by atoms with Gasteiger partial charge in [0.25, 0.3) is 0 Å². The molecule has 0 aliphatic heterocycles. The molecule has 0 amide bonds. The van der Waals surface area contributed by atoms with Crippen LogP contribution in [0.25, 0.3) is 0 Å².